The molecule has 0 aliphatic heterocycles. The highest BCUT2D eigenvalue weighted by molar-refractivity contribution is 5.69. The number of nitrogens with zero attached hydrogens (tertiary/aromatic N) is 3. The van der Waals surface area contributed by atoms with Crippen LogP contribution in [0.4, 0.5) is 0 Å². The van der Waals surface area contributed by atoms with Crippen LogP contribution in [0.25, 0.3) is 11.2 Å². The Balaban J connectivity index is 1.93. The van der Waals surface area contributed by atoms with Crippen molar-refractivity contribution in [2.75, 3.05) is 0 Å². The number of aromatic nitrogens is 4. The lowest BCUT2D eigenvalue weighted by molar-refractivity contribution is 0.444. The predicted molar refractivity (Wildman–Crippen MR) is 67.6 cm³/mol. The van der Waals surface area contributed by atoms with Crippen LogP contribution < -0.4 is 4.74 Å². The molecule has 0 atom stereocenters. The number of aromatic amines is 1. The Morgan fingerprint density at radius 3 is 2.78 bits per heavy atom. The van der Waals surface area contributed by atoms with E-state index in [0.717, 1.165) is 17.8 Å². The van der Waals surface area contributed by atoms with Crippen LogP contribution in [0.5, 0.6) is 11.8 Å². The van der Waals surface area contributed by atoms with Gasteiger partial charge in [-0.15, -0.1) is 0 Å². The van der Waals surface area contributed by atoms with Crippen molar-refractivity contribution in [3.8, 4) is 11.8 Å². The van der Waals surface area contributed by atoms with Crippen LogP contribution in [-0.4, -0.2) is 19.9 Å². The van der Waals surface area contributed by atoms with Gasteiger partial charge in [-0.3, -0.25) is 0 Å². The molecule has 5 heteroatoms. The molecule has 0 aliphatic carbocycles. The van der Waals surface area contributed by atoms with E-state index in [1.165, 1.54) is 0 Å². The number of fused-ring (bicyclic) bond motifs is 1. The number of rotatable bonds is 3. The number of nitrogens with one attached hydrogen (secondary N) is 1. The van der Waals surface area contributed by atoms with Crippen molar-refractivity contribution in [1.82, 2.24) is 19.9 Å². The molecule has 3 rings (SSSR count). The van der Waals surface area contributed by atoms with E-state index in [1.807, 2.05) is 37.3 Å². The molecule has 5 nitrogen and oxygen atoms in total. The van der Waals surface area contributed by atoms with Gasteiger partial charge in [-0.05, 0) is 12.1 Å². The normalized spacial score (nSPS) is 10.7. The van der Waals surface area contributed by atoms with Gasteiger partial charge in [0.1, 0.15) is 17.1 Å². The van der Waals surface area contributed by atoms with Gasteiger partial charge in [-0.1, -0.05) is 25.1 Å². The number of H-pyrrole nitrogens is 1. The van der Waals surface area contributed by atoms with E-state index >= 15 is 0 Å². The maximum atomic E-state index is 5.55. The van der Waals surface area contributed by atoms with Crippen LogP contribution in [0, 0.1) is 0 Å². The quantitative estimate of drug-likeness (QED) is 0.764. The number of hydrogen-bond donors (Lipinski definition) is 1. The van der Waals surface area contributed by atoms with Crippen molar-refractivity contribution < 1.29 is 4.74 Å². The summed E-state index contributed by atoms with van der Waals surface area (Å²) >= 11 is 0. The van der Waals surface area contributed by atoms with Crippen molar-refractivity contribution in [3.63, 3.8) is 0 Å². The summed E-state index contributed by atoms with van der Waals surface area (Å²) in [7, 11) is 0. The van der Waals surface area contributed by atoms with Gasteiger partial charge < -0.3 is 9.72 Å². The molecular formula is C13H12N4O. The first-order valence-electron chi connectivity index (χ1n) is 5.79. The smallest absolute Gasteiger partial charge is 0.324 e. The average molecular weight is 240 g/mol. The zero-order valence-electron chi connectivity index (χ0n) is 9.92. The van der Waals surface area contributed by atoms with E-state index in [-0.39, 0.29) is 0 Å². The summed E-state index contributed by atoms with van der Waals surface area (Å²) in [6.45, 7) is 2.03. The fourth-order valence-electron chi connectivity index (χ4n) is 1.65. The maximum Gasteiger partial charge on any atom is 0.324 e. The van der Waals surface area contributed by atoms with Gasteiger partial charge in [-0.25, -0.2) is 9.97 Å². The molecule has 90 valence electrons. The monoisotopic (exact) mass is 240 g/mol. The lowest BCUT2D eigenvalue weighted by atomic mass is 10.3. The summed E-state index contributed by atoms with van der Waals surface area (Å²) < 4.78 is 5.55. The van der Waals surface area contributed by atoms with Crippen LogP contribution >= 0.6 is 0 Å². The fourth-order valence-corrected chi connectivity index (χ4v) is 1.65. The topological polar surface area (TPSA) is 63.7 Å². The number of aryl methyl sites for hydroxylation is 1. The average Bonchev–Trinajstić information content (AvgIpc) is 2.82. The molecule has 3 aromatic rings. The summed E-state index contributed by atoms with van der Waals surface area (Å²) in [5.74, 6) is 1.61. The number of ether oxygens (including phenoxy) is 1. The van der Waals surface area contributed by atoms with Gasteiger partial charge in [0.05, 0.1) is 6.20 Å². The highest BCUT2D eigenvalue weighted by Crippen LogP contribution is 2.18. The van der Waals surface area contributed by atoms with Gasteiger partial charge >= 0.3 is 6.01 Å². The first kappa shape index (κ1) is 10.7. The van der Waals surface area contributed by atoms with Crippen LogP contribution in [0.15, 0.2) is 36.5 Å². The highest BCUT2D eigenvalue weighted by Gasteiger charge is 2.06. The molecule has 0 spiro atoms. The molecule has 0 unspecified atom stereocenters. The minimum absolute atomic E-state index is 0.308. The molecule has 2 heterocycles. The van der Waals surface area contributed by atoms with E-state index in [1.54, 1.807) is 6.20 Å². The van der Waals surface area contributed by atoms with Crippen molar-refractivity contribution in [3.05, 3.63) is 42.4 Å². The molecule has 0 radical (unpaired) electrons. The first-order chi connectivity index (χ1) is 8.85. The molecular weight excluding hydrogens is 228 g/mol. The molecule has 0 bridgehead atoms. The number of benzene rings is 1. The van der Waals surface area contributed by atoms with Gasteiger partial charge in [0, 0.05) is 6.42 Å². The van der Waals surface area contributed by atoms with Crippen LogP contribution in [0.1, 0.15) is 12.7 Å². The lowest BCUT2D eigenvalue weighted by Crippen LogP contribution is -1.91. The number of imidazole rings is 1. The fraction of sp³-hybridized carbons (Fsp3) is 0.154. The second-order valence-corrected chi connectivity index (χ2v) is 3.84. The van der Waals surface area contributed by atoms with Gasteiger partial charge in [0.2, 0.25) is 0 Å². The zero-order chi connectivity index (χ0) is 12.4. The molecule has 0 saturated carbocycles. The van der Waals surface area contributed by atoms with Gasteiger partial charge in [0.25, 0.3) is 0 Å². The summed E-state index contributed by atoms with van der Waals surface area (Å²) in [5, 5.41) is 0. The first-order valence-corrected chi connectivity index (χ1v) is 5.79. The van der Waals surface area contributed by atoms with Crippen molar-refractivity contribution in [1.29, 1.82) is 0 Å². The summed E-state index contributed by atoms with van der Waals surface area (Å²) in [6.07, 6.45) is 2.53. The third-order valence-corrected chi connectivity index (χ3v) is 2.55. The summed E-state index contributed by atoms with van der Waals surface area (Å²) in [4.78, 5) is 15.9. The Bertz CT molecular complexity index is 663. The standard InChI is InChI=1S/C13H12N4O/c1-2-11-15-10-8-14-13(17-12(10)16-11)18-9-6-4-3-5-7-9/h3-8H,2H2,1H3,(H,14,15,16,17). The molecule has 1 aromatic carbocycles. The SMILES string of the molecule is CCc1nc2nc(Oc3ccccc3)ncc2[nH]1. The minimum Gasteiger partial charge on any atom is -0.424 e. The van der Waals surface area contributed by atoms with Crippen molar-refractivity contribution in [2.24, 2.45) is 0 Å². The Morgan fingerprint density at radius 1 is 1.17 bits per heavy atom. The Morgan fingerprint density at radius 2 is 2.00 bits per heavy atom. The molecule has 0 amide bonds. The van der Waals surface area contributed by atoms with Crippen molar-refractivity contribution >= 4 is 11.2 Å². The predicted octanol–water partition coefficient (Wildman–Crippen LogP) is 2.71. The molecule has 18 heavy (non-hydrogen) atoms. The van der Waals surface area contributed by atoms with E-state index in [4.69, 9.17) is 4.74 Å². The van der Waals surface area contributed by atoms with E-state index in [9.17, 15) is 0 Å². The highest BCUT2D eigenvalue weighted by atomic mass is 16.5. The zero-order valence-corrected chi connectivity index (χ0v) is 9.92. The summed E-state index contributed by atoms with van der Waals surface area (Å²) in [6, 6.07) is 9.75. The number of hydrogen-bond acceptors (Lipinski definition) is 4. The largest absolute Gasteiger partial charge is 0.424 e. The van der Waals surface area contributed by atoms with Crippen LogP contribution in [0.3, 0.4) is 0 Å². The van der Waals surface area contributed by atoms with Crippen LogP contribution in [0.2, 0.25) is 0 Å². The maximum absolute atomic E-state index is 5.55. The second kappa shape index (κ2) is 4.44. The van der Waals surface area contributed by atoms with Crippen molar-refractivity contribution in [2.45, 2.75) is 13.3 Å². The summed E-state index contributed by atoms with van der Waals surface area (Å²) in [5.41, 5.74) is 1.46. The lowest BCUT2D eigenvalue weighted by Gasteiger charge is -2.01. The third kappa shape index (κ3) is 2.02. The molecule has 2 aromatic heterocycles. The Labute approximate surface area is 104 Å². The van der Waals surface area contributed by atoms with E-state index in [0.29, 0.717) is 17.4 Å². The molecule has 0 fully saturated rings. The molecule has 1 N–H and O–H groups in total. The van der Waals surface area contributed by atoms with E-state index in [2.05, 4.69) is 19.9 Å². The van der Waals surface area contributed by atoms with E-state index < -0.39 is 0 Å². The Kier molecular flexibility index (Phi) is 2.64. The molecule has 0 saturated heterocycles. The van der Waals surface area contributed by atoms with Gasteiger partial charge in [0.15, 0.2) is 5.65 Å². The van der Waals surface area contributed by atoms with Gasteiger partial charge in [-0.2, -0.15) is 4.98 Å². The second-order valence-electron chi connectivity index (χ2n) is 3.84. The minimum atomic E-state index is 0.308. The Hall–Kier alpha value is -2.43. The number of para-hydroxylation sites is 1. The van der Waals surface area contributed by atoms with Crippen LogP contribution in [-0.2, 0) is 6.42 Å². The molecule has 0 aliphatic rings. The third-order valence-electron chi connectivity index (χ3n) is 2.55.